The number of carbonyl (C=O) groups excluding carboxylic acids is 2. The van der Waals surface area contributed by atoms with Crippen LogP contribution >= 0.6 is 22.6 Å². The molecule has 2 aromatic heterocycles. The van der Waals surface area contributed by atoms with Crippen LogP contribution < -0.4 is 5.32 Å². The van der Waals surface area contributed by atoms with E-state index in [0.29, 0.717) is 34.9 Å². The normalized spacial score (nSPS) is 22.4. The number of hydrogen-bond acceptors (Lipinski definition) is 7. The summed E-state index contributed by atoms with van der Waals surface area (Å²) in [6.07, 6.45) is 7.62. The van der Waals surface area contributed by atoms with Gasteiger partial charge in [-0.25, -0.2) is 17.8 Å². The molecule has 206 valence electrons. The first-order chi connectivity index (χ1) is 19.1. The van der Waals surface area contributed by atoms with E-state index in [1.807, 2.05) is 22.6 Å². The number of nitrogens with one attached hydrogen (secondary N) is 1. The maximum absolute atomic E-state index is 15.0. The maximum atomic E-state index is 15.0. The van der Waals surface area contributed by atoms with Gasteiger partial charge < -0.3 is 14.8 Å². The molecule has 2 saturated carbocycles. The van der Waals surface area contributed by atoms with Gasteiger partial charge in [-0.3, -0.25) is 14.6 Å². The first-order valence-corrected chi connectivity index (χ1v) is 15.4. The average Bonchev–Trinajstić information content (AvgIpc) is 3.77. The number of likely N-dealkylation sites (tertiary alicyclic amines) is 1. The lowest BCUT2D eigenvalue weighted by atomic mass is 9.98. The van der Waals surface area contributed by atoms with Crippen molar-refractivity contribution in [1.29, 1.82) is 5.26 Å². The zero-order valence-electron chi connectivity index (χ0n) is 21.1. The molecule has 0 unspecified atom stereocenters. The van der Waals surface area contributed by atoms with Gasteiger partial charge in [0.05, 0.1) is 39.3 Å². The number of sulfone groups is 1. The molecule has 6 rings (SSSR count). The number of aromatic nitrogens is 3. The van der Waals surface area contributed by atoms with E-state index in [4.69, 9.17) is 0 Å². The first-order valence-electron chi connectivity index (χ1n) is 12.8. The fraction of sp³-hybridized carbons (Fsp3) is 0.370. The van der Waals surface area contributed by atoms with Gasteiger partial charge in [-0.2, -0.15) is 5.26 Å². The molecule has 2 atom stereocenters. The van der Waals surface area contributed by atoms with Crippen molar-refractivity contribution < 1.29 is 22.4 Å². The van der Waals surface area contributed by atoms with E-state index >= 15 is 0 Å². The summed E-state index contributed by atoms with van der Waals surface area (Å²) in [7, 11) is -4.04. The second-order valence-corrected chi connectivity index (χ2v) is 14.0. The zero-order chi connectivity index (χ0) is 28.3. The highest BCUT2D eigenvalue weighted by Crippen LogP contribution is 2.51. The molecule has 1 N–H and O–H groups in total. The Kier molecular flexibility index (Phi) is 6.45. The number of carbonyl (C=O) groups is 2. The quantitative estimate of drug-likeness (QED) is 0.381. The van der Waals surface area contributed by atoms with Gasteiger partial charge in [-0.05, 0) is 72.9 Å². The molecule has 0 spiro atoms. The highest BCUT2D eigenvalue weighted by atomic mass is 127. The standard InChI is InChI=1S/C27H24FIN6O4S/c28-19-11-17(29)13-32-23(19)27(7-8-27)25(37)35-14-18(12-21(35)24(36)33-26(15-30)5-6-26)40(38,39)22-4-2-1-3-20(22)34-10-9-31-16-34/h1-4,9-11,13,16,18,21H,5-8,12,14H2,(H,33,36)/t18-,21+/m1/s1. The number of para-hydroxylation sites is 1. The van der Waals surface area contributed by atoms with Crippen LogP contribution in [0.25, 0.3) is 5.69 Å². The third-order valence-corrected chi connectivity index (χ3v) is 10.7. The summed E-state index contributed by atoms with van der Waals surface area (Å²) in [5.41, 5.74) is -1.86. The van der Waals surface area contributed by atoms with Crippen LogP contribution in [-0.4, -0.2) is 63.0 Å². The van der Waals surface area contributed by atoms with Crippen LogP contribution in [0.5, 0.6) is 0 Å². The van der Waals surface area contributed by atoms with E-state index in [2.05, 4.69) is 21.4 Å². The summed E-state index contributed by atoms with van der Waals surface area (Å²) < 4.78 is 45.2. The van der Waals surface area contributed by atoms with Crippen molar-refractivity contribution in [3.05, 3.63) is 70.3 Å². The average molecular weight is 674 g/mol. The second kappa shape index (κ2) is 9.62. The summed E-state index contributed by atoms with van der Waals surface area (Å²) in [5, 5.41) is 11.1. The van der Waals surface area contributed by atoms with Crippen molar-refractivity contribution in [3.63, 3.8) is 0 Å². The minimum absolute atomic E-state index is 0.00419. The largest absolute Gasteiger partial charge is 0.336 e. The molecule has 40 heavy (non-hydrogen) atoms. The van der Waals surface area contributed by atoms with Crippen molar-refractivity contribution in [2.75, 3.05) is 6.54 Å². The zero-order valence-corrected chi connectivity index (χ0v) is 24.1. The van der Waals surface area contributed by atoms with Crippen LogP contribution in [0.2, 0.25) is 0 Å². The number of imidazole rings is 1. The third kappa shape index (κ3) is 4.46. The Balaban J connectivity index is 1.36. The molecule has 1 aliphatic heterocycles. The molecule has 10 nitrogen and oxygen atoms in total. The molecular weight excluding hydrogens is 650 g/mol. The number of nitrogens with zero attached hydrogens (tertiary/aromatic N) is 5. The van der Waals surface area contributed by atoms with E-state index < -0.39 is 49.7 Å². The van der Waals surface area contributed by atoms with Crippen LogP contribution in [-0.2, 0) is 24.8 Å². The van der Waals surface area contributed by atoms with Crippen molar-refractivity contribution in [2.45, 2.75) is 59.2 Å². The molecule has 13 heteroatoms. The minimum atomic E-state index is -4.04. The number of rotatable bonds is 7. The lowest BCUT2D eigenvalue weighted by Gasteiger charge is -2.28. The first kappa shape index (κ1) is 26.8. The molecule has 0 bridgehead atoms. The Labute approximate surface area is 243 Å². The summed E-state index contributed by atoms with van der Waals surface area (Å²) in [4.78, 5) is 37.1. The van der Waals surface area contributed by atoms with Gasteiger partial charge in [-0.1, -0.05) is 12.1 Å². The van der Waals surface area contributed by atoms with Gasteiger partial charge >= 0.3 is 0 Å². The number of nitriles is 1. The predicted molar refractivity (Wildman–Crippen MR) is 148 cm³/mol. The van der Waals surface area contributed by atoms with Gasteiger partial charge in [-0.15, -0.1) is 0 Å². The topological polar surface area (TPSA) is 138 Å². The monoisotopic (exact) mass is 674 g/mol. The molecule has 3 heterocycles. The highest BCUT2D eigenvalue weighted by molar-refractivity contribution is 14.1. The van der Waals surface area contributed by atoms with Crippen LogP contribution in [0.1, 0.15) is 37.8 Å². The van der Waals surface area contributed by atoms with E-state index in [9.17, 15) is 27.7 Å². The van der Waals surface area contributed by atoms with Gasteiger partial charge in [0.25, 0.3) is 0 Å². The molecular formula is C27H24FIN6O4S. The van der Waals surface area contributed by atoms with Crippen molar-refractivity contribution in [3.8, 4) is 11.8 Å². The van der Waals surface area contributed by atoms with E-state index in [-0.39, 0.29) is 23.6 Å². The number of pyridine rings is 1. The van der Waals surface area contributed by atoms with Gasteiger partial charge in [0, 0.05) is 28.7 Å². The lowest BCUT2D eigenvalue weighted by molar-refractivity contribution is -0.140. The van der Waals surface area contributed by atoms with E-state index in [1.165, 1.54) is 35.8 Å². The third-order valence-electron chi connectivity index (χ3n) is 7.97. The van der Waals surface area contributed by atoms with Crippen molar-refractivity contribution in [1.82, 2.24) is 24.8 Å². The molecule has 3 fully saturated rings. The summed E-state index contributed by atoms with van der Waals surface area (Å²) in [5.74, 6) is -1.72. The van der Waals surface area contributed by atoms with Gasteiger partial charge in [0.1, 0.15) is 17.4 Å². The van der Waals surface area contributed by atoms with Gasteiger partial charge in [0.2, 0.25) is 11.8 Å². The Hall–Kier alpha value is -3.38. The molecule has 1 aromatic carbocycles. The fourth-order valence-electron chi connectivity index (χ4n) is 5.41. The molecule has 1 saturated heterocycles. The van der Waals surface area contributed by atoms with Gasteiger partial charge in [0.15, 0.2) is 9.84 Å². The molecule has 2 aliphatic carbocycles. The number of benzene rings is 1. The molecule has 3 aliphatic rings. The number of hydrogen-bond donors (Lipinski definition) is 1. The van der Waals surface area contributed by atoms with Crippen LogP contribution in [0.15, 0.2) is 60.1 Å². The summed E-state index contributed by atoms with van der Waals surface area (Å²) >= 11 is 1.93. The Morgan fingerprint density at radius 2 is 1.95 bits per heavy atom. The molecule has 2 amide bonds. The van der Waals surface area contributed by atoms with Crippen molar-refractivity contribution in [2.24, 2.45) is 0 Å². The highest BCUT2D eigenvalue weighted by Gasteiger charge is 2.60. The Morgan fingerprint density at radius 1 is 1.20 bits per heavy atom. The van der Waals surface area contributed by atoms with Crippen molar-refractivity contribution >= 4 is 44.2 Å². The fourth-order valence-corrected chi connectivity index (χ4v) is 7.71. The Morgan fingerprint density at radius 3 is 2.58 bits per heavy atom. The van der Waals surface area contributed by atoms with Crippen LogP contribution in [0.3, 0.4) is 0 Å². The van der Waals surface area contributed by atoms with E-state index in [0.717, 1.165) is 0 Å². The van der Waals surface area contributed by atoms with Crippen LogP contribution in [0, 0.1) is 20.7 Å². The Bertz CT molecular complexity index is 1660. The lowest BCUT2D eigenvalue weighted by Crippen LogP contribution is -2.52. The molecule has 0 radical (unpaired) electrons. The number of amides is 2. The minimum Gasteiger partial charge on any atom is -0.336 e. The second-order valence-electron chi connectivity index (χ2n) is 10.6. The maximum Gasteiger partial charge on any atom is 0.244 e. The predicted octanol–water partition coefficient (Wildman–Crippen LogP) is 2.66. The summed E-state index contributed by atoms with van der Waals surface area (Å²) in [6.45, 7) is -0.245. The number of halogens is 2. The molecule has 3 aromatic rings. The summed E-state index contributed by atoms with van der Waals surface area (Å²) in [6, 6.07) is 8.74. The SMILES string of the molecule is N#CC1(NC(=O)[C@@H]2C[C@@H](S(=O)(=O)c3ccccc3-n3ccnc3)CN2C(=O)C2(c3ncc(I)cc3F)CC2)CC1. The smallest absolute Gasteiger partial charge is 0.244 e. The van der Waals surface area contributed by atoms with Crippen LogP contribution in [0.4, 0.5) is 4.39 Å². The van der Waals surface area contributed by atoms with E-state index in [1.54, 1.807) is 29.0 Å².